The number of hydrogen-bond donors (Lipinski definition) is 3. The second kappa shape index (κ2) is 18.6. The summed E-state index contributed by atoms with van der Waals surface area (Å²) in [6.45, 7) is 13.0. The van der Waals surface area contributed by atoms with Crippen LogP contribution in [0.4, 0.5) is 28.4 Å². The molecule has 3 saturated heterocycles. The van der Waals surface area contributed by atoms with E-state index in [1.165, 1.54) is 48.9 Å². The molecule has 0 bridgehead atoms. The summed E-state index contributed by atoms with van der Waals surface area (Å²) in [6.07, 6.45) is 11.9. The van der Waals surface area contributed by atoms with Crippen LogP contribution in [0.5, 0.6) is 5.88 Å². The van der Waals surface area contributed by atoms with Crippen molar-refractivity contribution in [3.63, 3.8) is 0 Å². The molecule has 2 aromatic heterocycles. The summed E-state index contributed by atoms with van der Waals surface area (Å²) in [4.78, 5) is 41.3. The van der Waals surface area contributed by atoms with E-state index in [0.29, 0.717) is 54.7 Å². The number of sulfonamides is 1. The molecule has 382 valence electrons. The van der Waals surface area contributed by atoms with Gasteiger partial charge in [-0.25, -0.2) is 13.1 Å². The molecule has 0 radical (unpaired) electrons. The lowest BCUT2D eigenvalue weighted by Crippen LogP contribution is -2.55. The third-order valence-corrected chi connectivity index (χ3v) is 18.5. The fraction of sp³-hybridized carbons (Fsp3) is 0.527. The Labute approximate surface area is 422 Å². The molecule has 17 heteroatoms. The maximum Gasteiger partial charge on any atom is 0.293 e. The van der Waals surface area contributed by atoms with Gasteiger partial charge in [-0.15, -0.1) is 0 Å². The molecule has 6 heterocycles. The Morgan fingerprint density at radius 3 is 2.49 bits per heavy atom. The first-order chi connectivity index (χ1) is 34.5. The van der Waals surface area contributed by atoms with Crippen LogP contribution < -0.4 is 24.6 Å². The van der Waals surface area contributed by atoms with Gasteiger partial charge in [0.15, 0.2) is 0 Å². The summed E-state index contributed by atoms with van der Waals surface area (Å²) in [7, 11) is -2.88. The molecule has 2 aliphatic carbocycles. The lowest BCUT2D eigenvalue weighted by Gasteiger charge is -2.56. The van der Waals surface area contributed by atoms with E-state index in [-0.39, 0.29) is 39.6 Å². The quantitative estimate of drug-likeness (QED) is 0.0794. The van der Waals surface area contributed by atoms with E-state index >= 15 is 0 Å². The minimum absolute atomic E-state index is 0.0842. The average molecular weight is 1000 g/mol. The molecule has 72 heavy (non-hydrogen) atoms. The number of piperidine rings is 1. The minimum Gasteiger partial charge on any atom is -0.468 e. The monoisotopic (exact) mass is 1000 g/mol. The maximum atomic E-state index is 14.7. The molecule has 11 rings (SSSR count). The lowest BCUT2D eigenvalue weighted by molar-refractivity contribution is -0.384. The number of aromatic amines is 1. The van der Waals surface area contributed by atoms with Crippen molar-refractivity contribution in [2.75, 3.05) is 61.6 Å². The summed E-state index contributed by atoms with van der Waals surface area (Å²) in [5, 5.41) is 16.5. The van der Waals surface area contributed by atoms with Crippen molar-refractivity contribution < 1.29 is 32.3 Å². The van der Waals surface area contributed by atoms with Gasteiger partial charge in [0.05, 0.1) is 45.9 Å². The van der Waals surface area contributed by atoms with E-state index in [1.54, 1.807) is 13.2 Å². The number of fused-ring (bicyclic) bond motifs is 3. The number of nitro groups is 1. The third-order valence-electron chi connectivity index (χ3n) is 17.2. The van der Waals surface area contributed by atoms with Gasteiger partial charge in [0.1, 0.15) is 23.1 Å². The molecule has 3 N–H and O–H groups in total. The van der Waals surface area contributed by atoms with Crippen LogP contribution in [0.25, 0.3) is 11.0 Å². The van der Waals surface area contributed by atoms with Crippen LogP contribution in [-0.2, 0) is 24.9 Å². The first-order valence-corrected chi connectivity index (χ1v) is 27.4. The smallest absolute Gasteiger partial charge is 0.293 e. The van der Waals surface area contributed by atoms with Crippen molar-refractivity contribution in [3.8, 4) is 5.88 Å². The first-order valence-electron chi connectivity index (χ1n) is 25.9. The van der Waals surface area contributed by atoms with Gasteiger partial charge < -0.3 is 34.3 Å². The number of hydrogen-bond acceptors (Lipinski definition) is 13. The number of carbonyl (C=O) groups is 1. The number of amides is 1. The topological polar surface area (TPSA) is 184 Å². The normalized spacial score (nSPS) is 25.5. The van der Waals surface area contributed by atoms with Crippen molar-refractivity contribution in [1.29, 1.82) is 0 Å². The number of nitrogens with zero attached hydrogens (tertiary/aromatic N) is 5. The Morgan fingerprint density at radius 2 is 1.74 bits per heavy atom. The van der Waals surface area contributed by atoms with Gasteiger partial charge in [0.25, 0.3) is 21.6 Å². The number of pyridine rings is 1. The summed E-state index contributed by atoms with van der Waals surface area (Å²) in [6, 6.07) is 22.9. The summed E-state index contributed by atoms with van der Waals surface area (Å²) >= 11 is 0. The van der Waals surface area contributed by atoms with Crippen LogP contribution in [0, 0.1) is 21.4 Å². The van der Waals surface area contributed by atoms with E-state index in [0.717, 1.165) is 75.3 Å². The van der Waals surface area contributed by atoms with E-state index in [1.807, 2.05) is 35.4 Å². The van der Waals surface area contributed by atoms with Gasteiger partial charge >= 0.3 is 0 Å². The van der Waals surface area contributed by atoms with Crippen molar-refractivity contribution in [3.05, 3.63) is 106 Å². The molecular formula is C55H68N8O8S. The number of nitro benzene ring substituents is 1. The molecule has 1 spiro atoms. The number of anilines is 4. The minimum atomic E-state index is -4.60. The SMILES string of the molecule is COC1(C)CCC(CNc2ccc(S(=O)(=O)NC(=O)c3ccc(N4CCC5(CC4)CC(N4CCC[C@H]4c4ccccc4C(C)(C)C)C5)cc3N3c4cc5cc[nH]c5nc4O[C@H]4COC[C@@H]43)cc2[N+](=O)[O-])CC1. The molecule has 16 nitrogen and oxygen atoms in total. The molecule has 6 aliphatic rings. The molecule has 4 aliphatic heterocycles. The van der Waals surface area contributed by atoms with Crippen molar-refractivity contribution in [1.82, 2.24) is 19.6 Å². The fourth-order valence-electron chi connectivity index (χ4n) is 12.8. The zero-order chi connectivity index (χ0) is 50.2. The highest BCUT2D eigenvalue weighted by molar-refractivity contribution is 7.90. The summed E-state index contributed by atoms with van der Waals surface area (Å²) in [5.41, 5.74) is 5.76. The molecular weight excluding hydrogens is 933 g/mol. The van der Waals surface area contributed by atoms with Crippen LogP contribution in [0.2, 0.25) is 0 Å². The number of benzene rings is 3. The number of ether oxygens (including phenoxy) is 3. The van der Waals surface area contributed by atoms with Gasteiger partial charge in [0, 0.05) is 62.2 Å². The largest absolute Gasteiger partial charge is 0.468 e. The predicted molar refractivity (Wildman–Crippen MR) is 278 cm³/mol. The number of carbonyl (C=O) groups excluding carboxylic acids is 1. The maximum absolute atomic E-state index is 14.7. The van der Waals surface area contributed by atoms with Gasteiger partial charge in [0.2, 0.25) is 5.88 Å². The number of nitrogens with one attached hydrogen (secondary N) is 3. The Kier molecular flexibility index (Phi) is 12.6. The molecule has 0 unspecified atom stereocenters. The van der Waals surface area contributed by atoms with Gasteiger partial charge in [-0.05, 0) is 148 Å². The van der Waals surface area contributed by atoms with Crippen molar-refractivity contribution in [2.24, 2.45) is 11.3 Å². The highest BCUT2D eigenvalue weighted by atomic mass is 32.2. The van der Waals surface area contributed by atoms with E-state index < -0.39 is 37.5 Å². The average Bonchev–Trinajstić information content (AvgIpc) is 4.15. The Bertz CT molecular complexity index is 2980. The second-order valence-corrected chi connectivity index (χ2v) is 24.4. The van der Waals surface area contributed by atoms with Crippen LogP contribution in [0.3, 0.4) is 0 Å². The number of rotatable bonds is 12. The van der Waals surface area contributed by atoms with E-state index in [2.05, 4.69) is 76.8 Å². The zero-order valence-corrected chi connectivity index (χ0v) is 42.9. The van der Waals surface area contributed by atoms with Crippen LogP contribution >= 0.6 is 0 Å². The first kappa shape index (κ1) is 48.5. The van der Waals surface area contributed by atoms with Crippen LogP contribution in [-0.4, -0.2) is 104 Å². The predicted octanol–water partition coefficient (Wildman–Crippen LogP) is 9.78. The van der Waals surface area contributed by atoms with E-state index in [9.17, 15) is 23.3 Å². The lowest BCUT2D eigenvalue weighted by atomic mass is 9.59. The molecule has 5 fully saturated rings. The molecule has 3 atom stereocenters. The van der Waals surface area contributed by atoms with Crippen molar-refractivity contribution in [2.45, 2.75) is 132 Å². The standard InChI is InChI=1S/C55H68N8O8S/c1-53(2,3)42-10-7-6-9-40(42)44-11-8-24-61(44)38-30-55(31-38)21-25-60(26-22-55)37-12-14-41(45(28-37)62-47-27-36-18-23-56-50(36)58-52(47)71-49-34-70-33-48(49)62)51(64)59-72(67,68)39-13-15-43(46(29-39)63(65)66)57-32-35-16-19-54(4,69-5)20-17-35/h6-7,9-10,12-15,18,23,27-29,35,38,44,48-49,57H,8,11,16-17,19-22,24-26,30-34H2,1-5H3,(H,56,58)(H,59,64)/t35?,44-,48-,49-,54?/m0/s1. The number of H-pyrrole nitrogens is 1. The van der Waals surface area contributed by atoms with Gasteiger partial charge in [-0.1, -0.05) is 45.0 Å². The van der Waals surface area contributed by atoms with Gasteiger partial charge in [-0.2, -0.15) is 4.98 Å². The Morgan fingerprint density at radius 1 is 0.958 bits per heavy atom. The Balaban J connectivity index is 0.849. The fourth-order valence-corrected chi connectivity index (χ4v) is 13.8. The second-order valence-electron chi connectivity index (χ2n) is 22.7. The molecule has 1 amide bonds. The van der Waals surface area contributed by atoms with Crippen molar-refractivity contribution >= 4 is 55.4 Å². The van der Waals surface area contributed by atoms with Crippen LogP contribution in [0.15, 0.2) is 83.9 Å². The summed E-state index contributed by atoms with van der Waals surface area (Å²) in [5.74, 6) is -0.214. The highest BCUT2D eigenvalue weighted by Gasteiger charge is 2.50. The molecule has 5 aromatic rings. The van der Waals surface area contributed by atoms with Crippen LogP contribution in [0.1, 0.15) is 119 Å². The zero-order valence-electron chi connectivity index (χ0n) is 42.1. The Hall–Kier alpha value is -5.75. The van der Waals surface area contributed by atoms with E-state index in [4.69, 9.17) is 19.2 Å². The van der Waals surface area contributed by atoms with Gasteiger partial charge in [-0.3, -0.25) is 19.8 Å². The molecule has 2 saturated carbocycles. The highest BCUT2D eigenvalue weighted by Crippen LogP contribution is 2.55. The number of likely N-dealkylation sites (tertiary alicyclic amines) is 1. The number of aromatic nitrogens is 2. The summed E-state index contributed by atoms with van der Waals surface area (Å²) < 4.78 is 48.8. The number of methoxy groups -OCH3 is 1. The molecule has 3 aromatic carbocycles. The third kappa shape index (κ3) is 9.08.